The first-order valence-corrected chi connectivity index (χ1v) is 11.4. The maximum Gasteiger partial charge on any atom is 0.246 e. The van der Waals surface area contributed by atoms with Gasteiger partial charge in [-0.15, -0.1) is 0 Å². The minimum absolute atomic E-state index is 0.0431. The lowest BCUT2D eigenvalue weighted by Gasteiger charge is -2.42. The number of hydrogen-bond acceptors (Lipinski definition) is 4. The van der Waals surface area contributed by atoms with E-state index in [4.69, 9.17) is 4.74 Å². The van der Waals surface area contributed by atoms with Crippen LogP contribution in [0.3, 0.4) is 0 Å². The maximum atomic E-state index is 14.2. The highest BCUT2D eigenvalue weighted by molar-refractivity contribution is 6.03. The molecule has 0 unspecified atom stereocenters. The zero-order valence-electron chi connectivity index (χ0n) is 19.9. The summed E-state index contributed by atoms with van der Waals surface area (Å²) in [6.07, 6.45) is 3.46. The summed E-state index contributed by atoms with van der Waals surface area (Å²) in [7, 11) is 0. The number of benzene rings is 1. The number of halogens is 1. The second-order valence-corrected chi connectivity index (χ2v) is 10.8. The Morgan fingerprint density at radius 1 is 1.15 bits per heavy atom. The van der Waals surface area contributed by atoms with Crippen molar-refractivity contribution in [3.05, 3.63) is 42.2 Å². The van der Waals surface area contributed by atoms with Crippen LogP contribution in [0.5, 0.6) is 0 Å². The molecule has 2 saturated heterocycles. The van der Waals surface area contributed by atoms with Crippen molar-refractivity contribution in [1.29, 1.82) is 0 Å². The first-order valence-electron chi connectivity index (χ1n) is 11.4. The van der Waals surface area contributed by atoms with Gasteiger partial charge in [0.15, 0.2) is 0 Å². The summed E-state index contributed by atoms with van der Waals surface area (Å²) in [5, 5.41) is 5.61. The summed E-state index contributed by atoms with van der Waals surface area (Å²) in [5.41, 5.74) is -2.36. The SMILES string of the molecule is CCC(C)(C)N1C(=O)[C@H]2[C@H](C(=O)Nc3ccccc3F)[C@@H]3C=C[C@]2(O3)[C@@H]1C(=O)NC(C)(C)C. The van der Waals surface area contributed by atoms with Crippen molar-refractivity contribution in [3.63, 3.8) is 0 Å². The highest BCUT2D eigenvalue weighted by Gasteiger charge is 2.74. The van der Waals surface area contributed by atoms with Gasteiger partial charge in [-0.1, -0.05) is 31.2 Å². The molecule has 3 aliphatic rings. The van der Waals surface area contributed by atoms with Crippen molar-refractivity contribution in [3.8, 4) is 0 Å². The molecule has 0 aliphatic carbocycles. The molecule has 3 amide bonds. The highest BCUT2D eigenvalue weighted by Crippen LogP contribution is 2.56. The molecule has 7 nitrogen and oxygen atoms in total. The maximum absolute atomic E-state index is 14.2. The van der Waals surface area contributed by atoms with Gasteiger partial charge in [0.2, 0.25) is 17.7 Å². The largest absolute Gasteiger partial charge is 0.359 e. The standard InChI is InChI=1S/C25H32FN3O4/c1-7-24(5,6)29-19(21(31)28-23(2,3)4)25-13-12-16(33-25)17(18(25)22(29)32)20(30)27-15-11-9-8-10-14(15)26/h8-13,16-19H,7H2,1-6H3,(H,27,30)(H,28,31)/t16-,17+,18+,19-,25+/m0/s1. The minimum Gasteiger partial charge on any atom is -0.359 e. The van der Waals surface area contributed by atoms with Crippen LogP contribution in [0.1, 0.15) is 48.0 Å². The zero-order valence-corrected chi connectivity index (χ0v) is 19.9. The molecular weight excluding hydrogens is 425 g/mol. The van der Waals surface area contributed by atoms with E-state index in [2.05, 4.69) is 10.6 Å². The topological polar surface area (TPSA) is 87.7 Å². The van der Waals surface area contributed by atoms with Crippen LogP contribution in [0.2, 0.25) is 0 Å². The minimum atomic E-state index is -1.25. The molecule has 2 fully saturated rings. The number of nitrogens with zero attached hydrogens (tertiary/aromatic N) is 1. The molecule has 3 aliphatic heterocycles. The second kappa shape index (κ2) is 7.65. The van der Waals surface area contributed by atoms with E-state index in [9.17, 15) is 18.8 Å². The molecule has 5 atom stereocenters. The number of carbonyl (C=O) groups is 3. The van der Waals surface area contributed by atoms with E-state index in [-0.39, 0.29) is 17.5 Å². The van der Waals surface area contributed by atoms with Crippen LogP contribution in [0.15, 0.2) is 36.4 Å². The molecule has 4 rings (SSSR count). The normalized spacial score (nSPS) is 30.5. The van der Waals surface area contributed by atoms with Crippen LogP contribution in [-0.2, 0) is 19.1 Å². The molecule has 1 spiro atoms. The fourth-order valence-electron chi connectivity index (χ4n) is 5.21. The number of fused-ring (bicyclic) bond motifs is 1. The Kier molecular flexibility index (Phi) is 5.43. The fourth-order valence-corrected chi connectivity index (χ4v) is 5.21. The molecule has 0 aromatic heterocycles. The summed E-state index contributed by atoms with van der Waals surface area (Å²) in [6.45, 7) is 11.4. The smallest absolute Gasteiger partial charge is 0.246 e. The predicted octanol–water partition coefficient (Wildman–Crippen LogP) is 3.02. The number of likely N-dealkylation sites (tertiary alicyclic amines) is 1. The molecular formula is C25H32FN3O4. The molecule has 2 N–H and O–H groups in total. The van der Waals surface area contributed by atoms with Gasteiger partial charge in [0.25, 0.3) is 0 Å². The van der Waals surface area contributed by atoms with Crippen molar-refractivity contribution >= 4 is 23.4 Å². The molecule has 178 valence electrons. The number of amides is 3. The van der Waals surface area contributed by atoms with Crippen LogP contribution in [-0.4, -0.2) is 51.4 Å². The third-order valence-electron chi connectivity index (χ3n) is 6.97. The van der Waals surface area contributed by atoms with Crippen LogP contribution in [0.4, 0.5) is 10.1 Å². The van der Waals surface area contributed by atoms with Crippen molar-refractivity contribution in [2.45, 2.75) is 76.8 Å². The summed E-state index contributed by atoms with van der Waals surface area (Å²) in [6, 6.07) is 4.96. The summed E-state index contributed by atoms with van der Waals surface area (Å²) in [4.78, 5) is 42.3. The van der Waals surface area contributed by atoms with Gasteiger partial charge in [0.1, 0.15) is 17.5 Å². The van der Waals surface area contributed by atoms with E-state index in [1.165, 1.54) is 18.2 Å². The Balaban J connectivity index is 1.74. The van der Waals surface area contributed by atoms with Gasteiger partial charge in [0.05, 0.1) is 23.6 Å². The zero-order chi connectivity index (χ0) is 24.3. The molecule has 33 heavy (non-hydrogen) atoms. The van der Waals surface area contributed by atoms with Gasteiger partial charge in [0, 0.05) is 11.1 Å². The van der Waals surface area contributed by atoms with Crippen molar-refractivity contribution in [2.24, 2.45) is 11.8 Å². The van der Waals surface area contributed by atoms with Crippen molar-refractivity contribution in [2.75, 3.05) is 5.32 Å². The van der Waals surface area contributed by atoms with Gasteiger partial charge in [-0.05, 0) is 53.2 Å². The van der Waals surface area contributed by atoms with E-state index >= 15 is 0 Å². The van der Waals surface area contributed by atoms with E-state index < -0.39 is 52.4 Å². The molecule has 2 bridgehead atoms. The Bertz CT molecular complexity index is 1030. The molecule has 1 aromatic rings. The fraction of sp³-hybridized carbons (Fsp3) is 0.560. The first-order chi connectivity index (χ1) is 15.3. The number of nitrogens with one attached hydrogen (secondary N) is 2. The monoisotopic (exact) mass is 457 g/mol. The third-order valence-corrected chi connectivity index (χ3v) is 6.97. The van der Waals surface area contributed by atoms with E-state index in [1.54, 1.807) is 23.1 Å². The molecule has 3 heterocycles. The Morgan fingerprint density at radius 2 is 1.82 bits per heavy atom. The average Bonchev–Trinajstić information content (AvgIpc) is 3.36. The molecule has 8 heteroatoms. The van der Waals surface area contributed by atoms with Crippen LogP contribution < -0.4 is 10.6 Å². The average molecular weight is 458 g/mol. The number of ether oxygens (including phenoxy) is 1. The Labute approximate surface area is 193 Å². The number of rotatable bonds is 5. The van der Waals surface area contributed by atoms with Gasteiger partial charge >= 0.3 is 0 Å². The van der Waals surface area contributed by atoms with E-state index in [0.29, 0.717) is 6.42 Å². The van der Waals surface area contributed by atoms with Crippen LogP contribution in [0, 0.1) is 17.7 Å². The number of hydrogen-bond donors (Lipinski definition) is 2. The number of anilines is 1. The first kappa shape index (κ1) is 23.4. The lowest BCUT2D eigenvalue weighted by atomic mass is 9.74. The van der Waals surface area contributed by atoms with Crippen molar-refractivity contribution < 1.29 is 23.5 Å². The lowest BCUT2D eigenvalue weighted by Crippen LogP contribution is -2.61. The summed E-state index contributed by atoms with van der Waals surface area (Å²) >= 11 is 0. The van der Waals surface area contributed by atoms with Crippen LogP contribution in [0.25, 0.3) is 0 Å². The molecule has 1 aromatic carbocycles. The van der Waals surface area contributed by atoms with Gasteiger partial charge in [-0.25, -0.2) is 4.39 Å². The van der Waals surface area contributed by atoms with Crippen molar-refractivity contribution in [1.82, 2.24) is 10.2 Å². The van der Waals surface area contributed by atoms with E-state index in [0.717, 1.165) is 0 Å². The summed E-state index contributed by atoms with van der Waals surface area (Å²) in [5.74, 6) is -3.42. The lowest BCUT2D eigenvalue weighted by molar-refractivity contribution is -0.147. The summed E-state index contributed by atoms with van der Waals surface area (Å²) < 4.78 is 20.5. The quantitative estimate of drug-likeness (QED) is 0.666. The van der Waals surface area contributed by atoms with Crippen LogP contribution >= 0.6 is 0 Å². The van der Waals surface area contributed by atoms with Gasteiger partial charge in [-0.3, -0.25) is 14.4 Å². The second-order valence-electron chi connectivity index (χ2n) is 10.8. The Hall–Kier alpha value is -2.74. The highest BCUT2D eigenvalue weighted by atomic mass is 19.1. The molecule has 0 radical (unpaired) electrons. The molecule has 0 saturated carbocycles. The van der Waals surface area contributed by atoms with E-state index in [1.807, 2.05) is 41.5 Å². The third kappa shape index (κ3) is 3.64. The predicted molar refractivity (Wildman–Crippen MR) is 122 cm³/mol. The Morgan fingerprint density at radius 3 is 2.42 bits per heavy atom. The van der Waals surface area contributed by atoms with Gasteiger partial charge < -0.3 is 20.3 Å². The number of para-hydroxylation sites is 1. The number of carbonyl (C=O) groups excluding carboxylic acids is 3. The van der Waals surface area contributed by atoms with Gasteiger partial charge in [-0.2, -0.15) is 0 Å².